The average molecular weight is 353 g/mol. The number of hydrogen-bond acceptors (Lipinski definition) is 4. The first kappa shape index (κ1) is 17.0. The lowest BCUT2D eigenvalue weighted by Gasteiger charge is -2.20. The molecule has 1 aromatic heterocycles. The number of fused-ring (bicyclic) bond motifs is 1. The lowest BCUT2D eigenvalue weighted by Crippen LogP contribution is -2.43. The van der Waals surface area contributed by atoms with Gasteiger partial charge in [-0.2, -0.15) is 0 Å². The topological polar surface area (TPSA) is 61.4 Å². The molecular weight excluding hydrogens is 334 g/mol. The summed E-state index contributed by atoms with van der Waals surface area (Å²) in [5, 5.41) is 9.17. The highest BCUT2D eigenvalue weighted by Gasteiger charge is 2.12. The van der Waals surface area contributed by atoms with Crippen molar-refractivity contribution in [2.24, 2.45) is 0 Å². The number of benzene rings is 2. The maximum atomic E-state index is 12.1. The van der Waals surface area contributed by atoms with Crippen LogP contribution in [0.25, 0.3) is 10.8 Å². The van der Waals surface area contributed by atoms with Crippen molar-refractivity contribution in [3.05, 3.63) is 64.9 Å². The van der Waals surface area contributed by atoms with Crippen molar-refractivity contribution in [1.29, 1.82) is 0 Å². The number of nitrogens with zero attached hydrogens (tertiary/aromatic N) is 1. The Morgan fingerprint density at radius 2 is 1.84 bits per heavy atom. The summed E-state index contributed by atoms with van der Waals surface area (Å²) in [6.45, 7) is 0.510. The van der Waals surface area contributed by atoms with E-state index in [0.717, 1.165) is 21.3 Å². The molecule has 0 aliphatic carbocycles. The summed E-state index contributed by atoms with van der Waals surface area (Å²) in [5.74, 6) is -0.348. The van der Waals surface area contributed by atoms with E-state index in [1.165, 1.54) is 0 Å². The molecule has 25 heavy (non-hydrogen) atoms. The summed E-state index contributed by atoms with van der Waals surface area (Å²) in [6.07, 6.45) is 0. The van der Waals surface area contributed by atoms with Crippen LogP contribution in [-0.2, 0) is 11.3 Å². The minimum atomic E-state index is -0.482. The molecule has 0 aliphatic rings. The van der Waals surface area contributed by atoms with Crippen molar-refractivity contribution >= 4 is 39.7 Å². The van der Waals surface area contributed by atoms with Gasteiger partial charge in [0.25, 0.3) is 0 Å². The number of amides is 3. The zero-order valence-corrected chi connectivity index (χ0v) is 14.7. The minimum absolute atomic E-state index is 0.0976. The van der Waals surface area contributed by atoms with Crippen molar-refractivity contribution in [2.45, 2.75) is 6.54 Å². The van der Waals surface area contributed by atoms with Crippen LogP contribution in [0.4, 0.5) is 10.5 Å². The largest absolute Gasteiger partial charge is 0.365 e. The van der Waals surface area contributed by atoms with E-state index in [1.54, 1.807) is 11.3 Å². The van der Waals surface area contributed by atoms with Crippen LogP contribution in [0.15, 0.2) is 60.0 Å². The third-order valence-corrected chi connectivity index (χ3v) is 4.69. The molecule has 0 bridgehead atoms. The smallest absolute Gasteiger partial charge is 0.321 e. The number of urea groups is 1. The maximum absolute atomic E-state index is 12.1. The molecule has 2 N–H and O–H groups in total. The van der Waals surface area contributed by atoms with E-state index in [2.05, 4.69) is 10.6 Å². The Hall–Kier alpha value is -2.86. The van der Waals surface area contributed by atoms with E-state index in [1.807, 2.05) is 71.9 Å². The highest BCUT2D eigenvalue weighted by atomic mass is 32.1. The molecule has 0 aliphatic heterocycles. The number of rotatable bonds is 5. The van der Waals surface area contributed by atoms with Gasteiger partial charge in [-0.1, -0.05) is 42.5 Å². The molecule has 0 unspecified atom stereocenters. The van der Waals surface area contributed by atoms with Crippen molar-refractivity contribution < 1.29 is 9.59 Å². The molecule has 6 heteroatoms. The van der Waals surface area contributed by atoms with Gasteiger partial charge in [-0.25, -0.2) is 4.79 Å². The first-order valence-electron chi connectivity index (χ1n) is 7.92. The number of anilines is 1. The second-order valence-electron chi connectivity index (χ2n) is 5.66. The lowest BCUT2D eigenvalue weighted by molar-refractivity contribution is -0.118. The molecule has 128 valence electrons. The molecule has 5 nitrogen and oxygen atoms in total. The molecule has 0 atom stereocenters. The molecule has 0 saturated carbocycles. The standard InChI is InChI=1S/C19H19N3O2S/c1-22(17-10-4-7-14-6-2-3-9-16(14)17)13-18(23)21-19(24)20-12-15-8-5-11-25-15/h2-11H,12-13H2,1H3,(H2,20,21,23,24). The van der Waals surface area contributed by atoms with Crippen LogP contribution in [-0.4, -0.2) is 25.5 Å². The van der Waals surface area contributed by atoms with Gasteiger partial charge in [0.1, 0.15) is 0 Å². The Balaban J connectivity index is 1.57. The normalized spacial score (nSPS) is 10.4. The number of imide groups is 1. The predicted octanol–water partition coefficient (Wildman–Crippen LogP) is 3.36. The number of nitrogens with one attached hydrogen (secondary N) is 2. The first-order chi connectivity index (χ1) is 12.1. The Labute approximate surface area is 150 Å². The molecule has 2 aromatic carbocycles. The first-order valence-corrected chi connectivity index (χ1v) is 8.80. The highest BCUT2D eigenvalue weighted by molar-refractivity contribution is 7.09. The van der Waals surface area contributed by atoms with Gasteiger partial charge in [0.2, 0.25) is 5.91 Å². The summed E-state index contributed by atoms with van der Waals surface area (Å²) >= 11 is 1.56. The van der Waals surface area contributed by atoms with Gasteiger partial charge in [0.05, 0.1) is 13.1 Å². The molecule has 3 aromatic rings. The van der Waals surface area contributed by atoms with Crippen molar-refractivity contribution in [1.82, 2.24) is 10.6 Å². The zero-order valence-electron chi connectivity index (χ0n) is 13.9. The monoisotopic (exact) mass is 353 g/mol. The third kappa shape index (κ3) is 4.36. The molecule has 3 rings (SSSR count). The van der Waals surface area contributed by atoms with Crippen LogP contribution in [0.5, 0.6) is 0 Å². The Morgan fingerprint density at radius 1 is 1.04 bits per heavy atom. The maximum Gasteiger partial charge on any atom is 0.321 e. The van der Waals surface area contributed by atoms with Gasteiger partial charge < -0.3 is 10.2 Å². The quantitative estimate of drug-likeness (QED) is 0.739. The van der Waals surface area contributed by atoms with Gasteiger partial charge in [0, 0.05) is 23.0 Å². The van der Waals surface area contributed by atoms with Crippen LogP contribution in [0.3, 0.4) is 0 Å². The number of hydrogen-bond donors (Lipinski definition) is 2. The van der Waals surface area contributed by atoms with Gasteiger partial charge in [-0.3, -0.25) is 10.1 Å². The summed E-state index contributed by atoms with van der Waals surface area (Å²) in [6, 6.07) is 17.3. The average Bonchev–Trinajstić information content (AvgIpc) is 3.13. The van der Waals surface area contributed by atoms with E-state index in [0.29, 0.717) is 6.54 Å². The summed E-state index contributed by atoms with van der Waals surface area (Å²) in [7, 11) is 1.84. The second kappa shape index (κ2) is 7.81. The molecule has 1 heterocycles. The predicted molar refractivity (Wildman–Crippen MR) is 102 cm³/mol. The van der Waals surface area contributed by atoms with E-state index in [-0.39, 0.29) is 12.5 Å². The third-order valence-electron chi connectivity index (χ3n) is 3.81. The molecule has 0 spiro atoms. The molecule has 0 fully saturated rings. The van der Waals surface area contributed by atoms with Crippen LogP contribution >= 0.6 is 11.3 Å². The summed E-state index contributed by atoms with van der Waals surface area (Å²) < 4.78 is 0. The van der Waals surface area contributed by atoms with Gasteiger partial charge >= 0.3 is 6.03 Å². The fraction of sp³-hybridized carbons (Fsp3) is 0.158. The number of carbonyl (C=O) groups is 2. The fourth-order valence-electron chi connectivity index (χ4n) is 2.63. The molecule has 0 saturated heterocycles. The Bertz CT molecular complexity index is 872. The Morgan fingerprint density at radius 3 is 2.64 bits per heavy atom. The number of thiophene rings is 1. The second-order valence-corrected chi connectivity index (χ2v) is 6.70. The number of carbonyl (C=O) groups excluding carboxylic acids is 2. The number of likely N-dealkylation sites (N-methyl/N-ethyl adjacent to an activating group) is 1. The zero-order chi connectivity index (χ0) is 17.6. The van der Waals surface area contributed by atoms with Crippen LogP contribution < -0.4 is 15.5 Å². The van der Waals surface area contributed by atoms with Crippen molar-refractivity contribution in [3.63, 3.8) is 0 Å². The van der Waals surface area contributed by atoms with Crippen molar-refractivity contribution in [2.75, 3.05) is 18.5 Å². The Kier molecular flexibility index (Phi) is 5.30. The van der Waals surface area contributed by atoms with Gasteiger partial charge in [0.15, 0.2) is 0 Å². The lowest BCUT2D eigenvalue weighted by atomic mass is 10.1. The highest BCUT2D eigenvalue weighted by Crippen LogP contribution is 2.25. The van der Waals surface area contributed by atoms with E-state index >= 15 is 0 Å². The summed E-state index contributed by atoms with van der Waals surface area (Å²) in [4.78, 5) is 26.8. The minimum Gasteiger partial charge on any atom is -0.365 e. The fourth-order valence-corrected chi connectivity index (χ4v) is 3.28. The van der Waals surface area contributed by atoms with E-state index in [4.69, 9.17) is 0 Å². The van der Waals surface area contributed by atoms with Crippen molar-refractivity contribution in [3.8, 4) is 0 Å². The summed E-state index contributed by atoms with van der Waals surface area (Å²) in [5.41, 5.74) is 0.951. The molecule has 3 amide bonds. The molecule has 0 radical (unpaired) electrons. The molecular formula is C19H19N3O2S. The van der Waals surface area contributed by atoms with Gasteiger partial charge in [-0.15, -0.1) is 11.3 Å². The van der Waals surface area contributed by atoms with Crippen LogP contribution in [0.1, 0.15) is 4.88 Å². The van der Waals surface area contributed by atoms with Crippen LogP contribution in [0.2, 0.25) is 0 Å². The van der Waals surface area contributed by atoms with Gasteiger partial charge in [-0.05, 0) is 22.9 Å². The SMILES string of the molecule is CN(CC(=O)NC(=O)NCc1cccs1)c1cccc2ccccc12. The van der Waals surface area contributed by atoms with E-state index < -0.39 is 6.03 Å². The van der Waals surface area contributed by atoms with Crippen LogP contribution in [0, 0.1) is 0 Å². The van der Waals surface area contributed by atoms with E-state index in [9.17, 15) is 9.59 Å².